The van der Waals surface area contributed by atoms with Gasteiger partial charge in [-0.1, -0.05) is 5.10 Å². The molecule has 1 aromatic carbocycles. The van der Waals surface area contributed by atoms with E-state index in [9.17, 15) is 0 Å². The van der Waals surface area contributed by atoms with E-state index in [-0.39, 0.29) is 0 Å². The van der Waals surface area contributed by atoms with E-state index in [1.54, 1.807) is 14.2 Å². The van der Waals surface area contributed by atoms with Crippen LogP contribution in [0.3, 0.4) is 0 Å². The first-order valence-electron chi connectivity index (χ1n) is 8.78. The van der Waals surface area contributed by atoms with Gasteiger partial charge in [0.25, 0.3) is 0 Å². The summed E-state index contributed by atoms with van der Waals surface area (Å²) in [5.41, 5.74) is 1.14. The van der Waals surface area contributed by atoms with Gasteiger partial charge in [-0.25, -0.2) is 0 Å². The Bertz CT molecular complexity index is 721. The molecule has 134 valence electrons. The molecule has 0 atom stereocenters. The molecule has 2 fully saturated rings. The Morgan fingerprint density at radius 1 is 1.08 bits per heavy atom. The average molecular weight is 344 g/mol. The van der Waals surface area contributed by atoms with Crippen LogP contribution in [0.5, 0.6) is 11.5 Å². The van der Waals surface area contributed by atoms with Crippen molar-refractivity contribution in [2.24, 2.45) is 0 Å². The molecule has 2 heterocycles. The molecule has 1 saturated carbocycles. The van der Waals surface area contributed by atoms with Gasteiger partial charge in [-0.05, 0) is 31.0 Å². The summed E-state index contributed by atoms with van der Waals surface area (Å²) in [6.45, 7) is 4.51. The summed E-state index contributed by atoms with van der Waals surface area (Å²) < 4.78 is 16.6. The minimum atomic E-state index is 0.503. The van der Waals surface area contributed by atoms with Crippen molar-refractivity contribution in [3.05, 3.63) is 29.7 Å². The molecule has 0 radical (unpaired) electrons. The number of piperazine rings is 1. The fraction of sp³-hybridized carbons (Fsp3) is 0.556. The molecule has 0 unspecified atom stereocenters. The minimum absolute atomic E-state index is 0.503. The summed E-state index contributed by atoms with van der Waals surface area (Å²) in [6.07, 6.45) is 2.36. The van der Waals surface area contributed by atoms with Gasteiger partial charge in [0.1, 0.15) is 11.5 Å². The molecule has 2 aromatic rings. The maximum atomic E-state index is 5.82. The third-order valence-corrected chi connectivity index (χ3v) is 4.88. The molecular weight excluding hydrogens is 320 g/mol. The Hall–Kier alpha value is -2.28. The van der Waals surface area contributed by atoms with Gasteiger partial charge < -0.3 is 18.8 Å². The molecule has 0 bridgehead atoms. The van der Waals surface area contributed by atoms with Gasteiger partial charge in [-0.2, -0.15) is 0 Å². The van der Waals surface area contributed by atoms with Crippen LogP contribution in [0.4, 0.5) is 6.01 Å². The standard InChI is InChI=1S/C18H24N4O3/c1-23-15-5-6-16(24-2)14(11-15)12-21-7-9-22(10-8-21)18-20-19-17(25-18)13-3-4-13/h5-6,11,13H,3-4,7-10,12H2,1-2H3. The van der Waals surface area contributed by atoms with Crippen molar-refractivity contribution in [2.75, 3.05) is 45.3 Å². The van der Waals surface area contributed by atoms with Crippen LogP contribution in [-0.4, -0.2) is 55.5 Å². The van der Waals surface area contributed by atoms with Gasteiger partial charge in [0.05, 0.1) is 14.2 Å². The first-order valence-corrected chi connectivity index (χ1v) is 8.78. The van der Waals surface area contributed by atoms with Crippen LogP contribution in [0.15, 0.2) is 22.6 Å². The molecule has 7 nitrogen and oxygen atoms in total. The number of nitrogens with zero attached hydrogens (tertiary/aromatic N) is 4. The summed E-state index contributed by atoms with van der Waals surface area (Å²) in [6, 6.07) is 6.60. The van der Waals surface area contributed by atoms with Crippen LogP contribution in [0.1, 0.15) is 30.2 Å². The zero-order valence-electron chi connectivity index (χ0n) is 14.8. The van der Waals surface area contributed by atoms with E-state index in [4.69, 9.17) is 13.9 Å². The number of rotatable bonds is 6. The van der Waals surface area contributed by atoms with Crippen LogP contribution in [0.25, 0.3) is 0 Å². The summed E-state index contributed by atoms with van der Waals surface area (Å²) in [5, 5.41) is 8.39. The smallest absolute Gasteiger partial charge is 0.318 e. The molecule has 0 amide bonds. The molecule has 4 rings (SSSR count). The lowest BCUT2D eigenvalue weighted by molar-refractivity contribution is 0.241. The summed E-state index contributed by atoms with van der Waals surface area (Å²) in [5.74, 6) is 3.06. The molecule has 0 spiro atoms. The molecule has 0 N–H and O–H groups in total. The van der Waals surface area contributed by atoms with Gasteiger partial charge >= 0.3 is 6.01 Å². The number of hydrogen-bond acceptors (Lipinski definition) is 7. The number of aromatic nitrogens is 2. The Morgan fingerprint density at radius 3 is 2.56 bits per heavy atom. The lowest BCUT2D eigenvalue weighted by atomic mass is 10.1. The Balaban J connectivity index is 1.37. The number of hydrogen-bond donors (Lipinski definition) is 0. The zero-order valence-corrected chi connectivity index (χ0v) is 14.8. The van der Waals surface area contributed by atoms with Gasteiger partial charge in [0.2, 0.25) is 5.89 Å². The molecule has 2 aliphatic rings. The largest absolute Gasteiger partial charge is 0.497 e. The number of ether oxygens (including phenoxy) is 2. The number of benzene rings is 1. The summed E-state index contributed by atoms with van der Waals surface area (Å²) in [7, 11) is 3.39. The summed E-state index contributed by atoms with van der Waals surface area (Å²) >= 11 is 0. The van der Waals surface area contributed by atoms with Crippen molar-refractivity contribution in [1.82, 2.24) is 15.1 Å². The molecule has 1 aliphatic carbocycles. The first kappa shape index (κ1) is 16.2. The van der Waals surface area contributed by atoms with Crippen LogP contribution in [0, 0.1) is 0 Å². The van der Waals surface area contributed by atoms with Crippen molar-refractivity contribution >= 4 is 6.01 Å². The monoisotopic (exact) mass is 344 g/mol. The quantitative estimate of drug-likeness (QED) is 0.796. The minimum Gasteiger partial charge on any atom is -0.497 e. The van der Waals surface area contributed by atoms with Crippen molar-refractivity contribution < 1.29 is 13.9 Å². The van der Waals surface area contributed by atoms with E-state index in [1.165, 1.54) is 12.8 Å². The predicted octanol–water partition coefficient (Wildman–Crippen LogP) is 2.29. The second kappa shape index (κ2) is 6.92. The fourth-order valence-corrected chi connectivity index (χ4v) is 3.19. The molecule has 1 saturated heterocycles. The van der Waals surface area contributed by atoms with E-state index in [2.05, 4.69) is 20.0 Å². The van der Waals surface area contributed by atoms with Crippen LogP contribution in [-0.2, 0) is 6.54 Å². The van der Waals surface area contributed by atoms with Crippen LogP contribution >= 0.6 is 0 Å². The highest BCUT2D eigenvalue weighted by atomic mass is 16.5. The Labute approximate surface area is 147 Å². The van der Waals surface area contributed by atoms with Crippen molar-refractivity contribution in [3.63, 3.8) is 0 Å². The lowest BCUT2D eigenvalue weighted by Gasteiger charge is -2.33. The van der Waals surface area contributed by atoms with Gasteiger partial charge in [0, 0.05) is 44.2 Å². The molecule has 7 heteroatoms. The van der Waals surface area contributed by atoms with Crippen LogP contribution in [0.2, 0.25) is 0 Å². The van der Waals surface area contributed by atoms with Crippen molar-refractivity contribution in [1.29, 1.82) is 0 Å². The van der Waals surface area contributed by atoms with Gasteiger partial charge in [-0.15, -0.1) is 5.10 Å². The highest BCUT2D eigenvalue weighted by Gasteiger charge is 2.31. The summed E-state index contributed by atoms with van der Waals surface area (Å²) in [4.78, 5) is 4.59. The molecule has 1 aliphatic heterocycles. The topological polar surface area (TPSA) is 63.9 Å². The maximum Gasteiger partial charge on any atom is 0.318 e. The van der Waals surface area contributed by atoms with E-state index in [0.29, 0.717) is 11.9 Å². The second-order valence-corrected chi connectivity index (χ2v) is 6.64. The van der Waals surface area contributed by atoms with Crippen molar-refractivity contribution in [3.8, 4) is 11.5 Å². The van der Waals surface area contributed by atoms with Crippen molar-refractivity contribution in [2.45, 2.75) is 25.3 Å². The number of anilines is 1. The fourth-order valence-electron chi connectivity index (χ4n) is 3.19. The van der Waals surface area contributed by atoms with E-state index in [0.717, 1.165) is 55.7 Å². The normalized spacial score (nSPS) is 18.4. The maximum absolute atomic E-state index is 5.82. The SMILES string of the molecule is COc1ccc(OC)c(CN2CCN(c3nnc(C4CC4)o3)CC2)c1. The average Bonchev–Trinajstić information content (AvgIpc) is 3.39. The third kappa shape index (κ3) is 3.56. The number of methoxy groups -OCH3 is 2. The van der Waals surface area contributed by atoms with Crippen LogP contribution < -0.4 is 14.4 Å². The van der Waals surface area contributed by atoms with E-state index < -0.39 is 0 Å². The Morgan fingerprint density at radius 2 is 1.88 bits per heavy atom. The highest BCUT2D eigenvalue weighted by molar-refractivity contribution is 5.40. The molecule has 1 aromatic heterocycles. The van der Waals surface area contributed by atoms with E-state index >= 15 is 0 Å². The first-order chi connectivity index (χ1) is 12.3. The second-order valence-electron chi connectivity index (χ2n) is 6.64. The lowest BCUT2D eigenvalue weighted by Crippen LogP contribution is -2.46. The predicted molar refractivity (Wildman–Crippen MR) is 93.3 cm³/mol. The third-order valence-electron chi connectivity index (χ3n) is 4.88. The van der Waals surface area contributed by atoms with Gasteiger partial charge in [0.15, 0.2) is 0 Å². The molecular formula is C18H24N4O3. The van der Waals surface area contributed by atoms with Gasteiger partial charge in [-0.3, -0.25) is 4.90 Å². The van der Waals surface area contributed by atoms with E-state index in [1.807, 2.05) is 18.2 Å². The molecule has 25 heavy (non-hydrogen) atoms. The Kier molecular flexibility index (Phi) is 4.48. The zero-order chi connectivity index (χ0) is 17.2. The highest BCUT2D eigenvalue weighted by Crippen LogP contribution is 2.39.